The van der Waals surface area contributed by atoms with Gasteiger partial charge in [0.1, 0.15) is 12.4 Å². The monoisotopic (exact) mass is 232 g/mol. The normalized spacial score (nSPS) is 10.5. The zero-order valence-electron chi connectivity index (χ0n) is 9.84. The zero-order chi connectivity index (χ0) is 12.1. The van der Waals surface area contributed by atoms with Gasteiger partial charge in [0, 0.05) is 13.1 Å². The number of nitrogens with two attached hydrogens (primary N) is 1. The maximum absolute atomic E-state index is 5.63. The van der Waals surface area contributed by atoms with E-state index in [1.165, 1.54) is 0 Å². The molecule has 0 amide bonds. The van der Waals surface area contributed by atoms with Crippen LogP contribution in [0.1, 0.15) is 18.3 Å². The van der Waals surface area contributed by atoms with Crippen molar-refractivity contribution in [2.45, 2.75) is 26.6 Å². The number of ether oxygens (including phenoxy) is 1. The molecule has 2 aromatic rings. The van der Waals surface area contributed by atoms with Crippen LogP contribution in [0, 0.1) is 0 Å². The smallest absolute Gasteiger partial charge is 0.138 e. The van der Waals surface area contributed by atoms with Gasteiger partial charge in [-0.3, -0.25) is 4.98 Å². The van der Waals surface area contributed by atoms with Crippen LogP contribution < -0.4 is 10.5 Å². The van der Waals surface area contributed by atoms with Gasteiger partial charge in [0.05, 0.1) is 30.1 Å². The van der Waals surface area contributed by atoms with E-state index >= 15 is 0 Å². The molecule has 0 fully saturated rings. The van der Waals surface area contributed by atoms with Crippen LogP contribution in [-0.4, -0.2) is 14.5 Å². The molecule has 2 heterocycles. The first kappa shape index (κ1) is 11.6. The summed E-state index contributed by atoms with van der Waals surface area (Å²) in [5, 5.41) is 0. The molecule has 0 unspecified atom stereocenters. The second-order valence-corrected chi connectivity index (χ2v) is 3.65. The molecule has 0 aliphatic rings. The average Bonchev–Trinajstić information content (AvgIpc) is 2.84. The number of imidazole rings is 1. The Kier molecular flexibility index (Phi) is 3.72. The van der Waals surface area contributed by atoms with Crippen LogP contribution in [-0.2, 0) is 19.7 Å². The fourth-order valence-corrected chi connectivity index (χ4v) is 1.53. The molecule has 0 aliphatic carbocycles. The molecule has 0 bridgehead atoms. The highest BCUT2D eigenvalue weighted by molar-refractivity contribution is 5.20. The van der Waals surface area contributed by atoms with Crippen molar-refractivity contribution < 1.29 is 4.74 Å². The second kappa shape index (κ2) is 5.45. The minimum Gasteiger partial charge on any atom is -0.486 e. The van der Waals surface area contributed by atoms with E-state index < -0.39 is 0 Å². The molecule has 0 saturated carbocycles. The molecule has 17 heavy (non-hydrogen) atoms. The summed E-state index contributed by atoms with van der Waals surface area (Å²) >= 11 is 0. The van der Waals surface area contributed by atoms with Crippen molar-refractivity contribution in [2.75, 3.05) is 0 Å². The molecule has 2 N–H and O–H groups in total. The van der Waals surface area contributed by atoms with Crippen molar-refractivity contribution in [1.29, 1.82) is 0 Å². The summed E-state index contributed by atoms with van der Waals surface area (Å²) in [6.07, 6.45) is 5.30. The topological polar surface area (TPSA) is 66.0 Å². The lowest BCUT2D eigenvalue weighted by atomic mass is 10.3. The Bertz CT molecular complexity index is 464. The highest BCUT2D eigenvalue weighted by Gasteiger charge is 2.01. The van der Waals surface area contributed by atoms with Crippen LogP contribution in [0.15, 0.2) is 30.9 Å². The predicted molar refractivity (Wildman–Crippen MR) is 64.4 cm³/mol. The van der Waals surface area contributed by atoms with Crippen LogP contribution in [0.25, 0.3) is 0 Å². The van der Waals surface area contributed by atoms with Crippen molar-refractivity contribution in [3.05, 3.63) is 42.2 Å². The summed E-state index contributed by atoms with van der Waals surface area (Å²) in [5.74, 6) is 0.742. The average molecular weight is 232 g/mol. The van der Waals surface area contributed by atoms with E-state index in [0.717, 1.165) is 23.7 Å². The number of aryl methyl sites for hydroxylation is 1. The maximum Gasteiger partial charge on any atom is 0.138 e. The Morgan fingerprint density at radius 1 is 1.35 bits per heavy atom. The van der Waals surface area contributed by atoms with Gasteiger partial charge in [0.25, 0.3) is 0 Å². The summed E-state index contributed by atoms with van der Waals surface area (Å²) in [7, 11) is 0. The Morgan fingerprint density at radius 3 is 2.88 bits per heavy atom. The Labute approximate surface area is 100 Å². The Morgan fingerprint density at radius 2 is 2.24 bits per heavy atom. The van der Waals surface area contributed by atoms with Crippen LogP contribution in [0.2, 0.25) is 0 Å². The first-order valence-corrected chi connectivity index (χ1v) is 5.60. The molecule has 0 aliphatic heterocycles. The summed E-state index contributed by atoms with van der Waals surface area (Å²) in [6, 6.07) is 3.74. The summed E-state index contributed by atoms with van der Waals surface area (Å²) in [6.45, 7) is 3.91. The maximum atomic E-state index is 5.63. The molecule has 0 atom stereocenters. The van der Waals surface area contributed by atoms with Gasteiger partial charge in [-0.15, -0.1) is 0 Å². The highest BCUT2D eigenvalue weighted by atomic mass is 16.5. The third-order valence-corrected chi connectivity index (χ3v) is 2.53. The molecule has 0 spiro atoms. The molecular weight excluding hydrogens is 216 g/mol. The minimum absolute atomic E-state index is 0.447. The Balaban J connectivity index is 1.97. The first-order chi connectivity index (χ1) is 8.33. The van der Waals surface area contributed by atoms with Gasteiger partial charge in [-0.2, -0.15) is 0 Å². The second-order valence-electron chi connectivity index (χ2n) is 3.65. The summed E-state index contributed by atoms with van der Waals surface area (Å²) in [5.41, 5.74) is 7.38. The van der Waals surface area contributed by atoms with E-state index in [2.05, 4.69) is 16.9 Å². The van der Waals surface area contributed by atoms with Crippen LogP contribution >= 0.6 is 0 Å². The van der Waals surface area contributed by atoms with Crippen molar-refractivity contribution in [2.24, 2.45) is 5.73 Å². The molecule has 0 radical (unpaired) electrons. The van der Waals surface area contributed by atoms with Gasteiger partial charge in [0.15, 0.2) is 0 Å². The van der Waals surface area contributed by atoms with E-state index in [0.29, 0.717) is 13.2 Å². The fraction of sp³-hybridized carbons (Fsp3) is 0.333. The van der Waals surface area contributed by atoms with Gasteiger partial charge in [-0.25, -0.2) is 4.98 Å². The summed E-state index contributed by atoms with van der Waals surface area (Å²) < 4.78 is 7.67. The number of hydrogen-bond donors (Lipinski definition) is 1. The lowest BCUT2D eigenvalue weighted by Crippen LogP contribution is -2.04. The van der Waals surface area contributed by atoms with Crippen LogP contribution in [0.3, 0.4) is 0 Å². The summed E-state index contributed by atoms with van der Waals surface area (Å²) in [4.78, 5) is 8.25. The largest absolute Gasteiger partial charge is 0.486 e. The predicted octanol–water partition coefficient (Wildman–Crippen LogP) is 1.34. The standard InChI is InChI=1S/C12H16N4O/c1-2-16-9-14-6-11(16)8-17-12-4-3-10(5-13)15-7-12/h3-4,6-7,9H,2,5,8,13H2,1H3. The highest BCUT2D eigenvalue weighted by Crippen LogP contribution is 2.11. The molecule has 0 aromatic carbocycles. The van der Waals surface area contributed by atoms with Gasteiger partial charge >= 0.3 is 0 Å². The zero-order valence-corrected chi connectivity index (χ0v) is 9.84. The molecule has 2 rings (SSSR count). The van der Waals surface area contributed by atoms with Crippen LogP contribution in [0.5, 0.6) is 5.75 Å². The third kappa shape index (κ3) is 2.82. The number of hydrogen-bond acceptors (Lipinski definition) is 4. The number of nitrogens with zero attached hydrogens (tertiary/aromatic N) is 3. The number of pyridine rings is 1. The van der Waals surface area contributed by atoms with Crippen molar-refractivity contribution >= 4 is 0 Å². The molecule has 90 valence electrons. The van der Waals surface area contributed by atoms with Crippen molar-refractivity contribution in [1.82, 2.24) is 14.5 Å². The van der Waals surface area contributed by atoms with Gasteiger partial charge in [-0.1, -0.05) is 0 Å². The molecule has 2 aromatic heterocycles. The van der Waals surface area contributed by atoms with Crippen LogP contribution in [0.4, 0.5) is 0 Å². The van der Waals surface area contributed by atoms with E-state index in [9.17, 15) is 0 Å². The number of rotatable bonds is 5. The van der Waals surface area contributed by atoms with E-state index in [-0.39, 0.29) is 0 Å². The third-order valence-electron chi connectivity index (χ3n) is 2.53. The lowest BCUT2D eigenvalue weighted by molar-refractivity contribution is 0.294. The van der Waals surface area contributed by atoms with Gasteiger partial charge < -0.3 is 15.0 Å². The van der Waals surface area contributed by atoms with Crippen molar-refractivity contribution in [3.63, 3.8) is 0 Å². The fourth-order valence-electron chi connectivity index (χ4n) is 1.53. The van der Waals surface area contributed by atoms with Gasteiger partial charge in [0.2, 0.25) is 0 Å². The van der Waals surface area contributed by atoms with E-state index in [4.69, 9.17) is 10.5 Å². The SMILES string of the molecule is CCn1cncc1COc1ccc(CN)nc1. The van der Waals surface area contributed by atoms with E-state index in [1.54, 1.807) is 12.5 Å². The molecular formula is C12H16N4O. The van der Waals surface area contributed by atoms with Gasteiger partial charge in [-0.05, 0) is 19.1 Å². The Hall–Kier alpha value is -1.88. The minimum atomic E-state index is 0.447. The number of aromatic nitrogens is 3. The molecule has 0 saturated heterocycles. The lowest BCUT2D eigenvalue weighted by Gasteiger charge is -2.07. The van der Waals surface area contributed by atoms with Crippen molar-refractivity contribution in [3.8, 4) is 5.75 Å². The first-order valence-electron chi connectivity index (χ1n) is 5.60. The quantitative estimate of drug-likeness (QED) is 0.844. The molecule has 5 nitrogen and oxygen atoms in total. The molecule has 5 heteroatoms. The van der Waals surface area contributed by atoms with E-state index in [1.807, 2.05) is 22.9 Å².